The van der Waals surface area contributed by atoms with Crippen LogP contribution in [0.2, 0.25) is 0 Å². The van der Waals surface area contributed by atoms with Crippen molar-refractivity contribution in [2.45, 2.75) is 45.6 Å². The molecule has 0 saturated carbocycles. The SMILES string of the molecule is CC(N)CCCC(C)C(=O)N1CCCOCC1. The molecule has 2 unspecified atom stereocenters. The van der Waals surface area contributed by atoms with Gasteiger partial charge in [0.05, 0.1) is 6.61 Å². The Balaban J connectivity index is 2.29. The minimum absolute atomic E-state index is 0.117. The van der Waals surface area contributed by atoms with Gasteiger partial charge >= 0.3 is 0 Å². The average molecular weight is 242 g/mol. The molecular formula is C13H26N2O2. The van der Waals surface area contributed by atoms with Crippen LogP contribution in [0, 0.1) is 5.92 Å². The third-order valence-corrected chi connectivity index (χ3v) is 3.25. The molecule has 1 fully saturated rings. The van der Waals surface area contributed by atoms with E-state index in [0.29, 0.717) is 6.61 Å². The summed E-state index contributed by atoms with van der Waals surface area (Å²) in [6.07, 6.45) is 3.94. The Kier molecular flexibility index (Phi) is 6.52. The summed E-state index contributed by atoms with van der Waals surface area (Å²) in [7, 11) is 0. The van der Waals surface area contributed by atoms with E-state index in [1.54, 1.807) is 0 Å². The first-order chi connectivity index (χ1) is 8.11. The van der Waals surface area contributed by atoms with Gasteiger partial charge in [-0.1, -0.05) is 13.3 Å². The first kappa shape index (κ1) is 14.5. The summed E-state index contributed by atoms with van der Waals surface area (Å²) in [5, 5.41) is 0. The molecular weight excluding hydrogens is 216 g/mol. The van der Waals surface area contributed by atoms with E-state index < -0.39 is 0 Å². The number of nitrogens with zero attached hydrogens (tertiary/aromatic N) is 1. The van der Waals surface area contributed by atoms with Gasteiger partial charge < -0.3 is 15.4 Å². The van der Waals surface area contributed by atoms with Gasteiger partial charge in [0, 0.05) is 31.7 Å². The van der Waals surface area contributed by atoms with Crippen molar-refractivity contribution in [3.8, 4) is 0 Å². The predicted octanol–water partition coefficient (Wildman–Crippen LogP) is 1.39. The Labute approximate surface area is 104 Å². The third-order valence-electron chi connectivity index (χ3n) is 3.25. The summed E-state index contributed by atoms with van der Waals surface area (Å²) >= 11 is 0. The highest BCUT2D eigenvalue weighted by atomic mass is 16.5. The number of carbonyl (C=O) groups excluding carboxylic acids is 1. The van der Waals surface area contributed by atoms with Gasteiger partial charge in [-0.05, 0) is 26.2 Å². The van der Waals surface area contributed by atoms with Crippen LogP contribution < -0.4 is 5.73 Å². The Morgan fingerprint density at radius 3 is 2.76 bits per heavy atom. The Morgan fingerprint density at radius 1 is 1.29 bits per heavy atom. The quantitative estimate of drug-likeness (QED) is 0.792. The highest BCUT2D eigenvalue weighted by molar-refractivity contribution is 5.78. The van der Waals surface area contributed by atoms with Crippen molar-refractivity contribution in [2.75, 3.05) is 26.3 Å². The number of hydrogen-bond donors (Lipinski definition) is 1. The van der Waals surface area contributed by atoms with Crippen LogP contribution in [0.1, 0.15) is 39.5 Å². The van der Waals surface area contributed by atoms with Gasteiger partial charge in [0.15, 0.2) is 0 Å². The van der Waals surface area contributed by atoms with Crippen LogP contribution in [0.5, 0.6) is 0 Å². The maximum atomic E-state index is 12.2. The molecule has 0 aromatic rings. The summed E-state index contributed by atoms with van der Waals surface area (Å²) in [4.78, 5) is 14.1. The van der Waals surface area contributed by atoms with Gasteiger partial charge in [-0.15, -0.1) is 0 Å². The lowest BCUT2D eigenvalue weighted by atomic mass is 10.0. The highest BCUT2D eigenvalue weighted by Crippen LogP contribution is 2.13. The molecule has 1 aliphatic rings. The molecule has 1 saturated heterocycles. The smallest absolute Gasteiger partial charge is 0.225 e. The maximum Gasteiger partial charge on any atom is 0.225 e. The van der Waals surface area contributed by atoms with E-state index in [1.165, 1.54) is 0 Å². The minimum Gasteiger partial charge on any atom is -0.380 e. The van der Waals surface area contributed by atoms with Crippen molar-refractivity contribution < 1.29 is 9.53 Å². The molecule has 0 spiro atoms. The van der Waals surface area contributed by atoms with Crippen molar-refractivity contribution in [1.29, 1.82) is 0 Å². The normalized spacial score (nSPS) is 20.8. The van der Waals surface area contributed by atoms with Crippen LogP contribution in [-0.4, -0.2) is 43.2 Å². The first-order valence-corrected chi connectivity index (χ1v) is 6.73. The molecule has 1 heterocycles. The molecule has 2 atom stereocenters. The molecule has 4 heteroatoms. The molecule has 2 N–H and O–H groups in total. The fraction of sp³-hybridized carbons (Fsp3) is 0.923. The number of hydrogen-bond acceptors (Lipinski definition) is 3. The van der Waals surface area contributed by atoms with Gasteiger partial charge in [0.2, 0.25) is 5.91 Å². The summed E-state index contributed by atoms with van der Waals surface area (Å²) in [5.74, 6) is 0.395. The Morgan fingerprint density at radius 2 is 2.06 bits per heavy atom. The van der Waals surface area contributed by atoms with Crippen molar-refractivity contribution >= 4 is 5.91 Å². The van der Waals surface area contributed by atoms with E-state index in [4.69, 9.17) is 10.5 Å². The largest absolute Gasteiger partial charge is 0.380 e. The van der Waals surface area contributed by atoms with Gasteiger partial charge in [-0.3, -0.25) is 4.79 Å². The number of nitrogens with two attached hydrogens (primary N) is 1. The topological polar surface area (TPSA) is 55.6 Å². The molecule has 0 aromatic carbocycles. The van der Waals surface area contributed by atoms with E-state index in [2.05, 4.69) is 0 Å². The summed E-state index contributed by atoms with van der Waals surface area (Å²) in [6, 6.07) is 0.240. The van der Waals surface area contributed by atoms with Crippen molar-refractivity contribution in [1.82, 2.24) is 4.90 Å². The lowest BCUT2D eigenvalue weighted by Crippen LogP contribution is -2.37. The van der Waals surface area contributed by atoms with E-state index in [1.807, 2.05) is 18.7 Å². The second-order valence-electron chi connectivity index (χ2n) is 5.10. The number of amides is 1. The predicted molar refractivity (Wildman–Crippen MR) is 68.7 cm³/mol. The first-order valence-electron chi connectivity index (χ1n) is 6.73. The molecule has 17 heavy (non-hydrogen) atoms. The average Bonchev–Trinajstić information content (AvgIpc) is 2.55. The standard InChI is InChI=1S/C13H26N2O2/c1-11(5-3-6-12(2)14)13(16)15-7-4-9-17-10-8-15/h11-12H,3-10,14H2,1-2H3. The van der Waals surface area contributed by atoms with Crippen molar-refractivity contribution in [3.63, 3.8) is 0 Å². The maximum absolute atomic E-state index is 12.2. The Bertz CT molecular complexity index is 223. The van der Waals surface area contributed by atoms with Crippen LogP contribution >= 0.6 is 0 Å². The molecule has 0 bridgehead atoms. The van der Waals surface area contributed by atoms with E-state index in [9.17, 15) is 4.79 Å². The summed E-state index contributed by atoms with van der Waals surface area (Å²) < 4.78 is 5.36. The number of rotatable bonds is 5. The zero-order valence-electron chi connectivity index (χ0n) is 11.2. The summed E-state index contributed by atoms with van der Waals surface area (Å²) in [6.45, 7) is 7.09. The van der Waals surface area contributed by atoms with Gasteiger partial charge in [0.1, 0.15) is 0 Å². The second kappa shape index (κ2) is 7.67. The van der Waals surface area contributed by atoms with Crippen LogP contribution in [-0.2, 0) is 9.53 Å². The molecule has 0 aliphatic carbocycles. The fourth-order valence-electron chi connectivity index (χ4n) is 2.15. The van der Waals surface area contributed by atoms with E-state index >= 15 is 0 Å². The van der Waals surface area contributed by atoms with Gasteiger partial charge in [-0.2, -0.15) is 0 Å². The molecule has 1 aliphatic heterocycles. The molecule has 0 radical (unpaired) electrons. The number of ether oxygens (including phenoxy) is 1. The number of carbonyl (C=O) groups is 1. The van der Waals surface area contributed by atoms with Gasteiger partial charge in [-0.25, -0.2) is 0 Å². The monoisotopic (exact) mass is 242 g/mol. The van der Waals surface area contributed by atoms with Crippen molar-refractivity contribution in [3.05, 3.63) is 0 Å². The van der Waals surface area contributed by atoms with Crippen LogP contribution in [0.4, 0.5) is 0 Å². The fourth-order valence-corrected chi connectivity index (χ4v) is 2.15. The molecule has 4 nitrogen and oxygen atoms in total. The van der Waals surface area contributed by atoms with Crippen LogP contribution in [0.15, 0.2) is 0 Å². The van der Waals surface area contributed by atoms with E-state index in [-0.39, 0.29) is 17.9 Å². The second-order valence-corrected chi connectivity index (χ2v) is 5.10. The lowest BCUT2D eigenvalue weighted by Gasteiger charge is -2.23. The van der Waals surface area contributed by atoms with Crippen molar-refractivity contribution in [2.24, 2.45) is 11.7 Å². The van der Waals surface area contributed by atoms with Gasteiger partial charge in [0.25, 0.3) is 0 Å². The zero-order chi connectivity index (χ0) is 12.7. The lowest BCUT2D eigenvalue weighted by molar-refractivity contribution is -0.135. The van der Waals surface area contributed by atoms with E-state index in [0.717, 1.165) is 45.4 Å². The highest BCUT2D eigenvalue weighted by Gasteiger charge is 2.21. The van der Waals surface area contributed by atoms with Crippen LogP contribution in [0.25, 0.3) is 0 Å². The molecule has 0 aromatic heterocycles. The Hall–Kier alpha value is -0.610. The van der Waals surface area contributed by atoms with Crippen LogP contribution in [0.3, 0.4) is 0 Å². The third kappa shape index (κ3) is 5.50. The molecule has 1 rings (SSSR count). The summed E-state index contributed by atoms with van der Waals surface area (Å²) in [5.41, 5.74) is 5.71. The molecule has 1 amide bonds. The minimum atomic E-state index is 0.117. The molecule has 100 valence electrons. The zero-order valence-corrected chi connectivity index (χ0v) is 11.2.